The van der Waals surface area contributed by atoms with E-state index in [1.165, 1.54) is 10.9 Å². The van der Waals surface area contributed by atoms with Gasteiger partial charge >= 0.3 is 0 Å². The van der Waals surface area contributed by atoms with Crippen LogP contribution in [-0.2, 0) is 6.54 Å². The Morgan fingerprint density at radius 3 is 2.41 bits per heavy atom. The molecule has 0 saturated heterocycles. The van der Waals surface area contributed by atoms with Crippen LogP contribution in [0, 0.1) is 0 Å². The molecule has 0 radical (unpaired) electrons. The number of nitrogens with zero attached hydrogens (tertiary/aromatic N) is 1. The standard InChI is InChI=1S/C23H22NO4.ClH/c1-4-24-12-18-15(8-9-19(25-3)23(18)26-5-2)16-7-6-14-10-20-21(28-13-27-20)11-17(14)22(16)24;/h6-12H,4-5,13H2,1-3H3;1H/q+1;/p-1. The predicted octanol–water partition coefficient (Wildman–Crippen LogP) is 1.59. The highest BCUT2D eigenvalue weighted by Crippen LogP contribution is 2.41. The van der Waals surface area contributed by atoms with Crippen molar-refractivity contribution >= 4 is 32.4 Å². The summed E-state index contributed by atoms with van der Waals surface area (Å²) in [5.41, 5.74) is 1.18. The second-order valence-corrected chi connectivity index (χ2v) is 6.79. The molecule has 4 aromatic rings. The van der Waals surface area contributed by atoms with Crippen LogP contribution in [0.25, 0.3) is 32.4 Å². The first-order chi connectivity index (χ1) is 13.7. The molecule has 29 heavy (non-hydrogen) atoms. The number of hydrogen-bond donors (Lipinski definition) is 0. The van der Waals surface area contributed by atoms with Crippen molar-refractivity contribution in [3.05, 3.63) is 42.6 Å². The van der Waals surface area contributed by atoms with Gasteiger partial charge < -0.3 is 31.4 Å². The fourth-order valence-electron chi connectivity index (χ4n) is 4.09. The first kappa shape index (κ1) is 19.4. The number of rotatable bonds is 4. The highest BCUT2D eigenvalue weighted by Gasteiger charge is 2.23. The van der Waals surface area contributed by atoms with Crippen molar-refractivity contribution < 1.29 is 35.9 Å². The van der Waals surface area contributed by atoms with Crippen LogP contribution in [-0.4, -0.2) is 20.5 Å². The van der Waals surface area contributed by atoms with Crippen molar-refractivity contribution in [2.75, 3.05) is 20.5 Å². The number of benzene rings is 3. The molecule has 0 spiro atoms. The minimum absolute atomic E-state index is 0. The Balaban J connectivity index is 0.00000205. The average Bonchev–Trinajstić information content (AvgIpc) is 3.18. The number of aromatic nitrogens is 1. The molecule has 1 aromatic heterocycles. The highest BCUT2D eigenvalue weighted by atomic mass is 35.5. The Kier molecular flexibility index (Phi) is 5.01. The molecule has 6 heteroatoms. The van der Waals surface area contributed by atoms with E-state index in [1.54, 1.807) is 7.11 Å². The largest absolute Gasteiger partial charge is 1.00 e. The van der Waals surface area contributed by atoms with Crippen LogP contribution in [0.5, 0.6) is 23.0 Å². The molecular weight excluding hydrogens is 390 g/mol. The molecule has 0 atom stereocenters. The van der Waals surface area contributed by atoms with Gasteiger partial charge in [-0.2, -0.15) is 4.57 Å². The van der Waals surface area contributed by atoms with E-state index in [9.17, 15) is 0 Å². The van der Waals surface area contributed by atoms with E-state index >= 15 is 0 Å². The summed E-state index contributed by atoms with van der Waals surface area (Å²) in [6, 6.07) is 12.6. The highest BCUT2D eigenvalue weighted by molar-refractivity contribution is 6.15. The van der Waals surface area contributed by atoms with Crippen molar-refractivity contribution in [2.24, 2.45) is 0 Å². The molecular formula is C23H22ClNO4. The Morgan fingerprint density at radius 1 is 0.931 bits per heavy atom. The number of ether oxygens (including phenoxy) is 4. The smallest absolute Gasteiger partial charge is 0.231 e. The lowest BCUT2D eigenvalue weighted by Crippen LogP contribution is -3.00. The third kappa shape index (κ3) is 2.88. The molecule has 0 N–H and O–H groups in total. The molecule has 150 valence electrons. The van der Waals surface area contributed by atoms with Crippen molar-refractivity contribution in [1.29, 1.82) is 0 Å². The second kappa shape index (κ2) is 7.48. The second-order valence-electron chi connectivity index (χ2n) is 6.79. The van der Waals surface area contributed by atoms with E-state index in [4.69, 9.17) is 18.9 Å². The van der Waals surface area contributed by atoms with Gasteiger partial charge in [-0.1, -0.05) is 6.07 Å². The van der Waals surface area contributed by atoms with Crippen molar-refractivity contribution in [3.8, 4) is 23.0 Å². The molecule has 3 aromatic carbocycles. The third-order valence-corrected chi connectivity index (χ3v) is 5.36. The first-order valence-electron chi connectivity index (χ1n) is 9.57. The number of methoxy groups -OCH3 is 1. The summed E-state index contributed by atoms with van der Waals surface area (Å²) in [7, 11) is 1.68. The van der Waals surface area contributed by atoms with E-state index in [0.717, 1.165) is 51.1 Å². The Hall–Kier alpha value is -2.92. The molecule has 0 aliphatic carbocycles. The van der Waals surface area contributed by atoms with Gasteiger partial charge in [-0.25, -0.2) is 0 Å². The van der Waals surface area contributed by atoms with Gasteiger partial charge in [-0.05, 0) is 49.6 Å². The van der Waals surface area contributed by atoms with Crippen LogP contribution < -0.4 is 35.9 Å². The molecule has 2 heterocycles. The molecule has 0 fully saturated rings. The zero-order valence-electron chi connectivity index (χ0n) is 16.6. The van der Waals surface area contributed by atoms with E-state index < -0.39 is 0 Å². The lowest BCUT2D eigenvalue weighted by Gasteiger charge is -2.14. The molecule has 1 aliphatic heterocycles. The van der Waals surface area contributed by atoms with Crippen LogP contribution >= 0.6 is 0 Å². The Morgan fingerprint density at radius 2 is 1.69 bits per heavy atom. The van der Waals surface area contributed by atoms with Gasteiger partial charge in [-0.3, -0.25) is 0 Å². The van der Waals surface area contributed by atoms with E-state index in [2.05, 4.69) is 48.0 Å². The summed E-state index contributed by atoms with van der Waals surface area (Å²) in [6.45, 7) is 5.84. The summed E-state index contributed by atoms with van der Waals surface area (Å²) in [5.74, 6) is 3.14. The molecule has 0 bridgehead atoms. The molecule has 1 aliphatic rings. The van der Waals surface area contributed by atoms with Gasteiger partial charge in [-0.15, -0.1) is 0 Å². The number of hydrogen-bond acceptors (Lipinski definition) is 4. The van der Waals surface area contributed by atoms with Crippen molar-refractivity contribution in [3.63, 3.8) is 0 Å². The fraction of sp³-hybridized carbons (Fsp3) is 0.261. The summed E-state index contributed by atoms with van der Waals surface area (Å²) in [5, 5.41) is 5.66. The van der Waals surface area contributed by atoms with Crippen LogP contribution in [0.2, 0.25) is 0 Å². The van der Waals surface area contributed by atoms with Gasteiger partial charge in [0.1, 0.15) is 6.54 Å². The molecule has 0 amide bonds. The molecule has 5 rings (SSSR count). The number of aryl methyl sites for hydroxylation is 1. The Bertz CT molecular complexity index is 1240. The fourth-order valence-corrected chi connectivity index (χ4v) is 4.09. The maximum absolute atomic E-state index is 5.96. The zero-order chi connectivity index (χ0) is 19.3. The van der Waals surface area contributed by atoms with Gasteiger partial charge in [0, 0.05) is 5.39 Å². The topological polar surface area (TPSA) is 40.8 Å². The summed E-state index contributed by atoms with van der Waals surface area (Å²) >= 11 is 0. The van der Waals surface area contributed by atoms with Crippen molar-refractivity contribution in [2.45, 2.75) is 20.4 Å². The molecule has 5 nitrogen and oxygen atoms in total. The first-order valence-corrected chi connectivity index (χ1v) is 9.57. The molecule has 0 saturated carbocycles. The van der Waals surface area contributed by atoms with Gasteiger partial charge in [0.25, 0.3) is 0 Å². The van der Waals surface area contributed by atoms with Crippen LogP contribution in [0.1, 0.15) is 13.8 Å². The normalized spacial score (nSPS) is 12.4. The summed E-state index contributed by atoms with van der Waals surface area (Å²) < 4.78 is 25.0. The van der Waals surface area contributed by atoms with Gasteiger partial charge in [0.05, 0.1) is 29.9 Å². The van der Waals surface area contributed by atoms with Gasteiger partial charge in [0.2, 0.25) is 12.3 Å². The number of fused-ring (bicyclic) bond motifs is 6. The Labute approximate surface area is 175 Å². The maximum Gasteiger partial charge on any atom is 0.231 e. The van der Waals surface area contributed by atoms with Gasteiger partial charge in [0.15, 0.2) is 29.2 Å². The zero-order valence-corrected chi connectivity index (χ0v) is 17.4. The average molecular weight is 412 g/mol. The van der Waals surface area contributed by atoms with E-state index in [-0.39, 0.29) is 19.2 Å². The minimum Gasteiger partial charge on any atom is -1.00 e. The van der Waals surface area contributed by atoms with Crippen molar-refractivity contribution in [1.82, 2.24) is 0 Å². The SMILES string of the molecule is CCOc1c(OC)ccc2c1c[n+](CC)c1c3cc4c(cc3ccc21)OCO4.[Cl-]. The molecule has 0 unspecified atom stereocenters. The lowest BCUT2D eigenvalue weighted by atomic mass is 10.00. The number of pyridine rings is 1. The van der Waals surface area contributed by atoms with E-state index in [0.29, 0.717) is 6.61 Å². The summed E-state index contributed by atoms with van der Waals surface area (Å²) in [4.78, 5) is 0. The van der Waals surface area contributed by atoms with Crippen LogP contribution in [0.4, 0.5) is 0 Å². The van der Waals surface area contributed by atoms with E-state index in [1.807, 2.05) is 13.0 Å². The van der Waals surface area contributed by atoms with Crippen LogP contribution in [0.15, 0.2) is 42.6 Å². The summed E-state index contributed by atoms with van der Waals surface area (Å²) in [6.07, 6.45) is 2.16. The third-order valence-electron chi connectivity index (χ3n) is 5.36. The van der Waals surface area contributed by atoms with Crippen LogP contribution in [0.3, 0.4) is 0 Å². The monoisotopic (exact) mass is 411 g/mol. The number of halogens is 1. The quantitative estimate of drug-likeness (QED) is 0.378. The minimum atomic E-state index is 0. The predicted molar refractivity (Wildman–Crippen MR) is 109 cm³/mol. The lowest BCUT2D eigenvalue weighted by molar-refractivity contribution is -0.665. The maximum atomic E-state index is 5.96.